The Morgan fingerprint density at radius 2 is 1.23 bits per heavy atom. The molecule has 31 heavy (non-hydrogen) atoms. The van der Waals surface area contributed by atoms with Gasteiger partial charge in [0, 0.05) is 26.1 Å². The molecule has 6 aliphatic heterocycles. The number of ketones is 2. The van der Waals surface area contributed by atoms with Crippen LogP contribution in [0.4, 0.5) is 0 Å². The molecule has 2 unspecified atom stereocenters. The molecule has 0 aromatic heterocycles. The topological polar surface area (TPSA) is 117 Å². The zero-order chi connectivity index (χ0) is 22.4. The number of hydrogen-bond donors (Lipinski definition) is 2. The van der Waals surface area contributed by atoms with Crippen molar-refractivity contribution in [3.8, 4) is 0 Å². The lowest BCUT2D eigenvalue weighted by atomic mass is 9.68. The molecule has 6 saturated heterocycles. The maximum atomic E-state index is 13.4. The summed E-state index contributed by atoms with van der Waals surface area (Å²) in [6, 6.07) is 0. The maximum Gasteiger partial charge on any atom is 0.328 e. The van der Waals surface area contributed by atoms with Gasteiger partial charge in [0.2, 0.25) is 0 Å². The van der Waals surface area contributed by atoms with Crippen LogP contribution >= 0.6 is 7.60 Å². The highest BCUT2D eigenvalue weighted by molar-refractivity contribution is 7.52. The summed E-state index contributed by atoms with van der Waals surface area (Å²) in [7, 11) is -1.57. The first-order chi connectivity index (χ1) is 14.7. The Kier molecular flexibility index (Phi) is 6.51. The Labute approximate surface area is 183 Å². The second-order valence-electron chi connectivity index (χ2n) is 9.83. The molecule has 6 rings (SSSR count). The zero-order valence-corrected chi connectivity index (χ0v) is 19.4. The fraction of sp³-hybridized carbons (Fsp3) is 0.905. The van der Waals surface area contributed by atoms with Gasteiger partial charge in [-0.25, -0.2) is 0 Å². The lowest BCUT2D eigenvalue weighted by Gasteiger charge is -2.56. The first-order valence-electron chi connectivity index (χ1n) is 11.3. The van der Waals surface area contributed by atoms with Gasteiger partial charge in [-0.2, -0.15) is 0 Å². The molecule has 10 heteroatoms. The fourth-order valence-corrected chi connectivity index (χ4v) is 7.76. The van der Waals surface area contributed by atoms with Crippen LogP contribution in [0.3, 0.4) is 0 Å². The number of rotatable bonds is 9. The van der Waals surface area contributed by atoms with Gasteiger partial charge in [-0.1, -0.05) is 0 Å². The van der Waals surface area contributed by atoms with Gasteiger partial charge < -0.3 is 19.3 Å². The van der Waals surface area contributed by atoms with E-state index in [1.165, 1.54) is 14.2 Å². The number of hydrogen-bond acceptors (Lipinski definition) is 7. The van der Waals surface area contributed by atoms with E-state index in [-0.39, 0.29) is 49.5 Å². The Bertz CT molecular complexity index is 705. The van der Waals surface area contributed by atoms with Crippen LogP contribution in [0, 0.1) is 11.8 Å². The van der Waals surface area contributed by atoms with Crippen LogP contribution in [-0.2, 0) is 23.6 Å². The molecule has 0 aromatic carbocycles. The largest absolute Gasteiger partial charge is 0.382 e. The van der Waals surface area contributed by atoms with Gasteiger partial charge >= 0.3 is 7.60 Å². The first-order valence-corrected chi connectivity index (χ1v) is 13.0. The van der Waals surface area contributed by atoms with Crippen LogP contribution in [0.15, 0.2) is 0 Å². The van der Waals surface area contributed by atoms with E-state index in [2.05, 4.69) is 9.80 Å². The predicted octanol–water partition coefficient (Wildman–Crippen LogP) is 0.673. The summed E-state index contributed by atoms with van der Waals surface area (Å²) in [4.78, 5) is 51.6. The van der Waals surface area contributed by atoms with E-state index < -0.39 is 24.3 Å². The van der Waals surface area contributed by atoms with Gasteiger partial charge in [-0.3, -0.25) is 24.0 Å². The number of methoxy groups -OCH3 is 2. The van der Waals surface area contributed by atoms with Crippen LogP contribution in [-0.4, -0.2) is 102 Å². The van der Waals surface area contributed by atoms with E-state index >= 15 is 0 Å². The number of carbonyl (C=O) groups is 2. The van der Waals surface area contributed by atoms with Gasteiger partial charge in [0.1, 0.15) is 11.1 Å². The Balaban J connectivity index is 1.68. The van der Waals surface area contributed by atoms with E-state index in [0.717, 1.165) is 51.9 Å². The quantitative estimate of drug-likeness (QED) is 0.481. The number of piperidine rings is 6. The van der Waals surface area contributed by atoms with Crippen molar-refractivity contribution in [3.05, 3.63) is 0 Å². The van der Waals surface area contributed by atoms with Gasteiger partial charge in [0.25, 0.3) is 0 Å². The zero-order valence-electron chi connectivity index (χ0n) is 18.5. The van der Waals surface area contributed by atoms with Gasteiger partial charge in [0.15, 0.2) is 11.6 Å². The smallest absolute Gasteiger partial charge is 0.328 e. The summed E-state index contributed by atoms with van der Waals surface area (Å²) >= 11 is 0. The highest BCUT2D eigenvalue weighted by Gasteiger charge is 2.59. The Morgan fingerprint density at radius 3 is 1.48 bits per heavy atom. The van der Waals surface area contributed by atoms with Crippen molar-refractivity contribution in [1.82, 2.24) is 9.80 Å². The molecule has 9 nitrogen and oxygen atoms in total. The van der Waals surface area contributed by atoms with Crippen LogP contribution < -0.4 is 0 Å². The number of carbonyl (C=O) groups excluding carboxylic acids is 2. The monoisotopic (exact) mass is 458 g/mol. The normalized spacial score (nSPS) is 41.0. The van der Waals surface area contributed by atoms with Crippen molar-refractivity contribution in [1.29, 1.82) is 0 Å². The minimum absolute atomic E-state index is 0.00228. The molecule has 0 aliphatic carbocycles. The van der Waals surface area contributed by atoms with E-state index in [9.17, 15) is 23.9 Å². The van der Waals surface area contributed by atoms with Crippen molar-refractivity contribution < 1.29 is 33.4 Å². The maximum absolute atomic E-state index is 13.4. The van der Waals surface area contributed by atoms with Gasteiger partial charge in [-0.15, -0.1) is 0 Å². The number of Topliss-reactive ketones (excluding diaryl/α,β-unsaturated/α-hetero) is 2. The van der Waals surface area contributed by atoms with Crippen molar-refractivity contribution >= 4 is 19.2 Å². The first kappa shape index (κ1) is 23.5. The predicted molar refractivity (Wildman–Crippen MR) is 113 cm³/mol. The average Bonchev–Trinajstić information content (AvgIpc) is 2.74. The molecular formula is C21H35N2O7P. The lowest BCUT2D eigenvalue weighted by molar-refractivity contribution is -0.157. The highest BCUT2D eigenvalue weighted by Crippen LogP contribution is 2.53. The van der Waals surface area contributed by atoms with Crippen LogP contribution in [0.2, 0.25) is 0 Å². The van der Waals surface area contributed by atoms with Crippen molar-refractivity contribution in [2.24, 2.45) is 11.8 Å². The number of ether oxygens (including phenoxy) is 2. The molecule has 6 heterocycles. The third kappa shape index (κ3) is 3.86. The molecule has 0 radical (unpaired) electrons. The SMILES string of the molecule is COCC1(CC(CC2(COC)C(=O)C3CCN2CC3)P(=O)(O)O)C(=O)C2CCN1CC2. The number of nitrogens with zero attached hydrogens (tertiary/aromatic N) is 2. The summed E-state index contributed by atoms with van der Waals surface area (Å²) in [6.45, 7) is 3.12. The third-order valence-corrected chi connectivity index (χ3v) is 9.56. The minimum Gasteiger partial charge on any atom is -0.382 e. The molecule has 0 spiro atoms. The molecule has 0 amide bonds. The van der Waals surface area contributed by atoms with E-state index in [1.54, 1.807) is 0 Å². The molecular weight excluding hydrogens is 423 g/mol. The fourth-order valence-electron chi connectivity index (χ4n) is 6.68. The van der Waals surface area contributed by atoms with Crippen LogP contribution in [0.1, 0.15) is 38.5 Å². The molecule has 2 N–H and O–H groups in total. The standard InChI is InChI=1S/C21H35N2O7P/c1-29-13-20(18(24)15-3-7-22(20)8-4-15)11-17(31(26,27)28)12-21(14-30-2)19(25)16-5-9-23(21)10-6-16/h15-17H,3-14H2,1-2H3,(H2,26,27,28). The van der Waals surface area contributed by atoms with Crippen molar-refractivity contribution in [2.45, 2.75) is 55.3 Å². The Hall–Kier alpha value is -0.670. The molecule has 2 atom stereocenters. The summed E-state index contributed by atoms with van der Waals surface area (Å²) < 4.78 is 23.6. The minimum atomic E-state index is -4.61. The van der Waals surface area contributed by atoms with Gasteiger partial charge in [0.05, 0.1) is 18.9 Å². The summed E-state index contributed by atoms with van der Waals surface area (Å²) in [5.41, 5.74) is -3.20. The van der Waals surface area contributed by atoms with Crippen molar-refractivity contribution in [2.75, 3.05) is 53.6 Å². The summed E-state index contributed by atoms with van der Waals surface area (Å²) in [6.07, 6.45) is 3.13. The van der Waals surface area contributed by atoms with E-state index in [4.69, 9.17) is 9.47 Å². The molecule has 0 aromatic rings. The van der Waals surface area contributed by atoms with Crippen LogP contribution in [0.5, 0.6) is 0 Å². The summed E-state index contributed by atoms with van der Waals surface area (Å²) in [5.74, 6) is -0.103. The van der Waals surface area contributed by atoms with Crippen molar-refractivity contribution in [3.63, 3.8) is 0 Å². The second kappa shape index (κ2) is 8.60. The lowest BCUT2D eigenvalue weighted by Crippen LogP contribution is -2.70. The molecule has 6 aliphatic rings. The molecule has 4 bridgehead atoms. The third-order valence-electron chi connectivity index (χ3n) is 8.25. The summed E-state index contributed by atoms with van der Waals surface area (Å²) in [5, 5.41) is 0. The highest BCUT2D eigenvalue weighted by atomic mass is 31.2. The van der Waals surface area contributed by atoms with Gasteiger partial charge in [-0.05, 0) is 64.7 Å². The Morgan fingerprint density at radius 1 is 0.871 bits per heavy atom. The molecule has 0 saturated carbocycles. The molecule has 176 valence electrons. The van der Waals surface area contributed by atoms with E-state index in [1.807, 2.05) is 0 Å². The molecule has 6 fully saturated rings. The average molecular weight is 458 g/mol. The second-order valence-corrected chi connectivity index (χ2v) is 11.7. The van der Waals surface area contributed by atoms with Crippen LogP contribution in [0.25, 0.3) is 0 Å². The van der Waals surface area contributed by atoms with E-state index in [0.29, 0.717) is 0 Å². The number of fused-ring (bicyclic) bond motifs is 6.